The Morgan fingerprint density at radius 2 is 1.86 bits per heavy atom. The van der Waals surface area contributed by atoms with Crippen molar-refractivity contribution in [3.63, 3.8) is 0 Å². The highest BCUT2D eigenvalue weighted by Crippen LogP contribution is 2.32. The number of pyridine rings is 1. The monoisotopic (exact) mass is 422 g/mol. The summed E-state index contributed by atoms with van der Waals surface area (Å²) in [5.41, 5.74) is 3.25. The molecule has 0 bridgehead atoms. The number of aromatic nitrogens is 2. The van der Waals surface area contributed by atoms with E-state index >= 15 is 0 Å². The summed E-state index contributed by atoms with van der Waals surface area (Å²) in [6, 6.07) is 18.8. The van der Waals surface area contributed by atoms with Crippen LogP contribution in [0.1, 0.15) is 16.1 Å². The molecule has 4 aromatic rings. The third-order valence-electron chi connectivity index (χ3n) is 4.49. The van der Waals surface area contributed by atoms with Gasteiger partial charge in [-0.25, -0.2) is 4.98 Å². The minimum absolute atomic E-state index is 0.119. The topological polar surface area (TPSA) is 49.3 Å². The maximum Gasteiger partial charge on any atom is 0.260 e. The largest absolute Gasteiger partial charge is 0.378 e. The lowest BCUT2D eigenvalue weighted by Crippen LogP contribution is -2.30. The number of carbonyl (C=O) groups excluding carboxylic acids is 1. The van der Waals surface area contributed by atoms with E-state index in [2.05, 4.69) is 9.97 Å². The van der Waals surface area contributed by atoms with E-state index in [4.69, 9.17) is 11.6 Å². The highest BCUT2D eigenvalue weighted by molar-refractivity contribution is 7.22. The summed E-state index contributed by atoms with van der Waals surface area (Å²) in [5, 5.41) is 1.27. The molecular weight excluding hydrogens is 404 g/mol. The van der Waals surface area contributed by atoms with Gasteiger partial charge in [-0.2, -0.15) is 0 Å². The lowest BCUT2D eigenvalue weighted by atomic mass is 10.1. The zero-order valence-electron chi connectivity index (χ0n) is 16.0. The van der Waals surface area contributed by atoms with Gasteiger partial charge in [-0.15, -0.1) is 0 Å². The number of benzene rings is 2. The van der Waals surface area contributed by atoms with E-state index in [9.17, 15) is 4.79 Å². The minimum Gasteiger partial charge on any atom is -0.378 e. The molecule has 0 N–H and O–H groups in total. The summed E-state index contributed by atoms with van der Waals surface area (Å²) >= 11 is 7.56. The van der Waals surface area contributed by atoms with E-state index in [1.807, 2.05) is 73.6 Å². The van der Waals surface area contributed by atoms with E-state index < -0.39 is 0 Å². The Kier molecular flexibility index (Phi) is 5.47. The molecule has 146 valence electrons. The molecule has 4 rings (SSSR count). The first kappa shape index (κ1) is 19.4. The Balaban J connectivity index is 1.73. The van der Waals surface area contributed by atoms with Crippen LogP contribution in [0.25, 0.3) is 10.2 Å². The summed E-state index contributed by atoms with van der Waals surface area (Å²) in [5.74, 6) is -0.119. The van der Waals surface area contributed by atoms with E-state index in [1.54, 1.807) is 17.2 Å². The molecule has 2 aromatic heterocycles. The van der Waals surface area contributed by atoms with Crippen molar-refractivity contribution < 1.29 is 4.79 Å². The predicted molar refractivity (Wildman–Crippen MR) is 120 cm³/mol. The first-order valence-corrected chi connectivity index (χ1v) is 10.3. The molecule has 29 heavy (non-hydrogen) atoms. The van der Waals surface area contributed by atoms with Crippen LogP contribution >= 0.6 is 22.9 Å². The number of anilines is 2. The van der Waals surface area contributed by atoms with Gasteiger partial charge in [-0.3, -0.25) is 14.7 Å². The van der Waals surface area contributed by atoms with Crippen molar-refractivity contribution in [1.82, 2.24) is 9.97 Å². The third kappa shape index (κ3) is 4.23. The first-order chi connectivity index (χ1) is 14.0. The van der Waals surface area contributed by atoms with Crippen molar-refractivity contribution in [2.75, 3.05) is 23.9 Å². The van der Waals surface area contributed by atoms with Crippen molar-refractivity contribution in [3.8, 4) is 0 Å². The molecule has 2 heterocycles. The van der Waals surface area contributed by atoms with Gasteiger partial charge >= 0.3 is 0 Å². The predicted octanol–water partition coefficient (Wildman–Crippen LogP) is 5.26. The van der Waals surface area contributed by atoms with Gasteiger partial charge in [0, 0.05) is 36.6 Å². The molecule has 1 amide bonds. The molecule has 0 aliphatic rings. The van der Waals surface area contributed by atoms with Crippen LogP contribution in [0.2, 0.25) is 5.02 Å². The second-order valence-electron chi connectivity index (χ2n) is 6.76. The molecule has 0 saturated carbocycles. The van der Waals surface area contributed by atoms with Gasteiger partial charge in [0.1, 0.15) is 0 Å². The number of hydrogen-bond acceptors (Lipinski definition) is 5. The van der Waals surface area contributed by atoms with Crippen LogP contribution in [0.15, 0.2) is 66.9 Å². The number of hydrogen-bond donors (Lipinski definition) is 0. The second-order valence-corrected chi connectivity index (χ2v) is 8.21. The number of carbonyl (C=O) groups is 1. The maximum absolute atomic E-state index is 13.4. The van der Waals surface area contributed by atoms with Gasteiger partial charge < -0.3 is 4.90 Å². The fourth-order valence-corrected chi connectivity index (χ4v) is 4.18. The standard InChI is InChI=1S/C22H19ClN4OS/c1-26(2)18-9-6-15(7-10-18)21(28)27(14-17-5-3-4-12-24-17)22-25-19-11-8-16(23)13-20(19)29-22/h3-13H,14H2,1-2H3. The molecule has 5 nitrogen and oxygen atoms in total. The summed E-state index contributed by atoms with van der Waals surface area (Å²) in [6.45, 7) is 0.336. The average molecular weight is 423 g/mol. The quantitative estimate of drug-likeness (QED) is 0.440. The van der Waals surface area contributed by atoms with Crippen molar-refractivity contribution in [1.29, 1.82) is 0 Å². The van der Waals surface area contributed by atoms with Gasteiger partial charge in [0.2, 0.25) is 0 Å². The highest BCUT2D eigenvalue weighted by Gasteiger charge is 2.22. The smallest absolute Gasteiger partial charge is 0.260 e. The van der Waals surface area contributed by atoms with Gasteiger partial charge in [-0.05, 0) is 54.6 Å². The van der Waals surface area contributed by atoms with Crippen LogP contribution in [0.4, 0.5) is 10.8 Å². The maximum atomic E-state index is 13.4. The van der Waals surface area contributed by atoms with Crippen molar-refractivity contribution >= 4 is 49.9 Å². The van der Waals surface area contributed by atoms with E-state index in [0.29, 0.717) is 22.3 Å². The van der Waals surface area contributed by atoms with Crippen molar-refractivity contribution in [2.24, 2.45) is 0 Å². The van der Waals surface area contributed by atoms with Gasteiger partial charge in [0.15, 0.2) is 5.13 Å². The normalized spacial score (nSPS) is 10.9. The van der Waals surface area contributed by atoms with E-state index in [0.717, 1.165) is 21.6 Å². The molecule has 0 aliphatic heterocycles. The van der Waals surface area contributed by atoms with Crippen LogP contribution in [-0.2, 0) is 6.54 Å². The number of amides is 1. The zero-order chi connectivity index (χ0) is 20.4. The molecule has 0 fully saturated rings. The Hall–Kier alpha value is -2.96. The molecule has 0 aliphatic carbocycles. The zero-order valence-corrected chi connectivity index (χ0v) is 17.6. The molecular formula is C22H19ClN4OS. The van der Waals surface area contributed by atoms with E-state index in [1.165, 1.54) is 11.3 Å². The number of fused-ring (bicyclic) bond motifs is 1. The van der Waals surface area contributed by atoms with E-state index in [-0.39, 0.29) is 5.91 Å². The number of thiazole rings is 1. The molecule has 7 heteroatoms. The fraction of sp³-hybridized carbons (Fsp3) is 0.136. The van der Waals surface area contributed by atoms with Crippen LogP contribution in [0, 0.1) is 0 Å². The lowest BCUT2D eigenvalue weighted by molar-refractivity contribution is 0.0985. The van der Waals surface area contributed by atoms with Crippen molar-refractivity contribution in [2.45, 2.75) is 6.54 Å². The summed E-state index contributed by atoms with van der Waals surface area (Å²) in [4.78, 5) is 26.1. The number of halogens is 1. The fourth-order valence-electron chi connectivity index (χ4n) is 2.94. The number of rotatable bonds is 5. The third-order valence-corrected chi connectivity index (χ3v) is 5.77. The summed E-state index contributed by atoms with van der Waals surface area (Å²) < 4.78 is 0.939. The molecule has 0 spiro atoms. The SMILES string of the molecule is CN(C)c1ccc(C(=O)N(Cc2ccccn2)c2nc3ccc(Cl)cc3s2)cc1. The minimum atomic E-state index is -0.119. The number of nitrogens with zero attached hydrogens (tertiary/aromatic N) is 4. The molecule has 2 aromatic carbocycles. The Morgan fingerprint density at radius 3 is 2.55 bits per heavy atom. The average Bonchev–Trinajstić information content (AvgIpc) is 3.15. The second kappa shape index (κ2) is 8.19. The van der Waals surface area contributed by atoms with Crippen molar-refractivity contribution in [3.05, 3.63) is 83.1 Å². The summed E-state index contributed by atoms with van der Waals surface area (Å²) in [7, 11) is 3.94. The van der Waals surface area contributed by atoms with Crippen LogP contribution in [-0.4, -0.2) is 30.0 Å². The molecule has 0 unspecified atom stereocenters. The van der Waals surface area contributed by atoms with Crippen LogP contribution in [0.5, 0.6) is 0 Å². The highest BCUT2D eigenvalue weighted by atomic mass is 35.5. The van der Waals surface area contributed by atoms with Crippen LogP contribution in [0.3, 0.4) is 0 Å². The molecule has 0 radical (unpaired) electrons. The van der Waals surface area contributed by atoms with Gasteiger partial charge in [0.05, 0.1) is 22.5 Å². The molecule has 0 atom stereocenters. The van der Waals surface area contributed by atoms with Gasteiger partial charge in [-0.1, -0.05) is 29.0 Å². The first-order valence-electron chi connectivity index (χ1n) is 9.06. The molecule has 0 saturated heterocycles. The Morgan fingerprint density at radius 1 is 1.07 bits per heavy atom. The van der Waals surface area contributed by atoms with Gasteiger partial charge in [0.25, 0.3) is 5.91 Å². The Bertz CT molecular complexity index is 1140. The van der Waals surface area contributed by atoms with Crippen LogP contribution < -0.4 is 9.80 Å². The lowest BCUT2D eigenvalue weighted by Gasteiger charge is -2.20. The Labute approximate surface area is 178 Å². The summed E-state index contributed by atoms with van der Waals surface area (Å²) in [6.07, 6.45) is 1.72.